The first kappa shape index (κ1) is 22.3. The molecular weight excluding hydrogens is 447 g/mol. The first-order valence-corrected chi connectivity index (χ1v) is 11.0. The number of ether oxygens (including phenoxy) is 1. The Morgan fingerprint density at radius 1 is 1.09 bits per heavy atom. The molecule has 2 heterocycles. The Bertz CT molecular complexity index is 1190. The number of halogens is 1. The molecule has 33 heavy (non-hydrogen) atoms. The molecule has 9 heteroatoms. The quantitative estimate of drug-likeness (QED) is 0.314. The van der Waals surface area contributed by atoms with Gasteiger partial charge in [0.2, 0.25) is 5.91 Å². The van der Waals surface area contributed by atoms with Crippen LogP contribution in [0.1, 0.15) is 28.6 Å². The number of amides is 3. The van der Waals surface area contributed by atoms with E-state index in [1.54, 1.807) is 0 Å². The minimum Gasteiger partial charge on any atom is -0.427 e. The molecule has 1 aliphatic heterocycles. The van der Waals surface area contributed by atoms with E-state index in [1.807, 2.05) is 17.5 Å². The van der Waals surface area contributed by atoms with Crippen LogP contribution in [0.3, 0.4) is 0 Å². The Morgan fingerprint density at radius 2 is 1.79 bits per heavy atom. The number of esters is 1. The maximum atomic E-state index is 13.4. The lowest BCUT2D eigenvalue weighted by atomic mass is 10.1. The Labute approximate surface area is 193 Å². The van der Waals surface area contributed by atoms with Gasteiger partial charge in [0, 0.05) is 17.4 Å². The molecule has 168 valence electrons. The Hall–Kier alpha value is -3.85. The molecule has 4 rings (SSSR count). The summed E-state index contributed by atoms with van der Waals surface area (Å²) in [4.78, 5) is 53.7. The monoisotopic (exact) mass is 466 g/mol. The second-order valence-electron chi connectivity index (χ2n) is 7.39. The zero-order chi connectivity index (χ0) is 23.5. The SMILES string of the molecule is CC(=O)Oc1ccc(N2C(=O)CC(N(Cc3cccs3)C(=O)c3ccc(F)cc3)C2=O)cc1. The second kappa shape index (κ2) is 9.33. The third-order valence-electron chi connectivity index (χ3n) is 5.11. The number of anilines is 1. The maximum Gasteiger partial charge on any atom is 0.308 e. The summed E-state index contributed by atoms with van der Waals surface area (Å²) in [5, 5.41) is 1.86. The highest BCUT2D eigenvalue weighted by atomic mass is 32.1. The predicted molar refractivity (Wildman–Crippen MR) is 119 cm³/mol. The average molecular weight is 466 g/mol. The Morgan fingerprint density at radius 3 is 2.39 bits per heavy atom. The fourth-order valence-electron chi connectivity index (χ4n) is 3.61. The zero-order valence-corrected chi connectivity index (χ0v) is 18.4. The third kappa shape index (κ3) is 4.83. The smallest absolute Gasteiger partial charge is 0.308 e. The van der Waals surface area contributed by atoms with Crippen LogP contribution < -0.4 is 9.64 Å². The molecule has 0 bridgehead atoms. The average Bonchev–Trinajstić information content (AvgIpc) is 3.40. The van der Waals surface area contributed by atoms with Gasteiger partial charge in [0.1, 0.15) is 17.6 Å². The van der Waals surface area contributed by atoms with E-state index in [1.165, 1.54) is 71.7 Å². The number of imide groups is 1. The maximum absolute atomic E-state index is 13.4. The van der Waals surface area contributed by atoms with E-state index in [4.69, 9.17) is 4.74 Å². The van der Waals surface area contributed by atoms with Gasteiger partial charge in [0.25, 0.3) is 11.8 Å². The first-order chi connectivity index (χ1) is 15.8. The van der Waals surface area contributed by atoms with E-state index < -0.39 is 35.5 Å². The molecule has 1 fully saturated rings. The van der Waals surface area contributed by atoms with Crippen molar-refractivity contribution in [1.29, 1.82) is 0 Å². The molecule has 0 saturated carbocycles. The molecular formula is C24H19FN2O5S. The van der Waals surface area contributed by atoms with Crippen LogP contribution in [0.5, 0.6) is 5.75 Å². The molecule has 3 amide bonds. The number of nitrogens with zero attached hydrogens (tertiary/aromatic N) is 2. The highest BCUT2D eigenvalue weighted by molar-refractivity contribution is 7.09. The molecule has 3 aromatic rings. The van der Waals surface area contributed by atoms with Crippen LogP contribution in [-0.2, 0) is 20.9 Å². The van der Waals surface area contributed by atoms with E-state index in [-0.39, 0.29) is 24.3 Å². The molecule has 0 radical (unpaired) electrons. The van der Waals surface area contributed by atoms with Crippen LogP contribution in [0, 0.1) is 5.82 Å². The number of hydrogen-bond acceptors (Lipinski definition) is 6. The van der Waals surface area contributed by atoms with E-state index in [0.29, 0.717) is 5.69 Å². The highest BCUT2D eigenvalue weighted by Gasteiger charge is 2.44. The molecule has 1 aromatic heterocycles. The normalized spacial score (nSPS) is 15.6. The van der Waals surface area contributed by atoms with Crippen molar-refractivity contribution in [2.24, 2.45) is 0 Å². The van der Waals surface area contributed by atoms with Gasteiger partial charge >= 0.3 is 5.97 Å². The summed E-state index contributed by atoms with van der Waals surface area (Å²) >= 11 is 1.43. The number of hydrogen-bond donors (Lipinski definition) is 0. The van der Waals surface area contributed by atoms with Gasteiger partial charge in [-0.2, -0.15) is 0 Å². The van der Waals surface area contributed by atoms with Crippen molar-refractivity contribution < 1.29 is 28.3 Å². The lowest BCUT2D eigenvalue weighted by Gasteiger charge is -2.27. The summed E-state index contributed by atoms with van der Waals surface area (Å²) in [5.41, 5.74) is 0.533. The second-order valence-corrected chi connectivity index (χ2v) is 8.43. The van der Waals surface area contributed by atoms with E-state index in [9.17, 15) is 23.6 Å². The zero-order valence-electron chi connectivity index (χ0n) is 17.6. The molecule has 2 aromatic carbocycles. The fraction of sp³-hybridized carbons (Fsp3) is 0.167. The number of benzene rings is 2. The first-order valence-electron chi connectivity index (χ1n) is 10.1. The van der Waals surface area contributed by atoms with Gasteiger partial charge in [-0.3, -0.25) is 19.2 Å². The number of thiophene rings is 1. The van der Waals surface area contributed by atoms with Crippen molar-refractivity contribution in [2.75, 3.05) is 4.90 Å². The van der Waals surface area contributed by atoms with Crippen LogP contribution >= 0.6 is 11.3 Å². The van der Waals surface area contributed by atoms with Crippen LogP contribution in [-0.4, -0.2) is 34.6 Å². The summed E-state index contributed by atoms with van der Waals surface area (Å²) in [6.45, 7) is 1.41. The molecule has 0 spiro atoms. The third-order valence-corrected chi connectivity index (χ3v) is 5.98. The molecule has 7 nitrogen and oxygen atoms in total. The highest BCUT2D eigenvalue weighted by Crippen LogP contribution is 2.29. The fourth-order valence-corrected chi connectivity index (χ4v) is 4.31. The minimum absolute atomic E-state index is 0.136. The number of carbonyl (C=O) groups excluding carboxylic acids is 4. The number of rotatable bonds is 6. The van der Waals surface area contributed by atoms with E-state index >= 15 is 0 Å². The summed E-state index contributed by atoms with van der Waals surface area (Å²) in [6.07, 6.45) is -0.178. The lowest BCUT2D eigenvalue weighted by Crippen LogP contribution is -2.45. The summed E-state index contributed by atoms with van der Waals surface area (Å²) in [7, 11) is 0. The Kier molecular flexibility index (Phi) is 6.32. The van der Waals surface area contributed by atoms with Gasteiger partial charge in [-0.05, 0) is 60.0 Å². The van der Waals surface area contributed by atoms with E-state index in [0.717, 1.165) is 9.78 Å². The van der Waals surface area contributed by atoms with Crippen molar-refractivity contribution >= 4 is 40.7 Å². The van der Waals surface area contributed by atoms with Gasteiger partial charge in [-0.25, -0.2) is 9.29 Å². The van der Waals surface area contributed by atoms with Crippen LogP contribution in [0.4, 0.5) is 10.1 Å². The van der Waals surface area contributed by atoms with Crippen LogP contribution in [0.25, 0.3) is 0 Å². The van der Waals surface area contributed by atoms with Crippen LogP contribution in [0.15, 0.2) is 66.0 Å². The topological polar surface area (TPSA) is 84.0 Å². The van der Waals surface area contributed by atoms with Crippen molar-refractivity contribution in [3.63, 3.8) is 0 Å². The molecule has 0 N–H and O–H groups in total. The number of carbonyl (C=O) groups is 4. The minimum atomic E-state index is -1.01. The summed E-state index contributed by atoms with van der Waals surface area (Å²) in [5.74, 6) is -2.14. The standard InChI is InChI=1S/C24H19FN2O5S/c1-15(28)32-19-10-8-18(9-11-19)27-22(29)13-21(24(27)31)26(14-20-3-2-12-33-20)23(30)16-4-6-17(25)7-5-16/h2-12,21H,13-14H2,1H3. The van der Waals surface area contributed by atoms with Gasteiger partial charge in [0.05, 0.1) is 18.7 Å². The van der Waals surface area contributed by atoms with Gasteiger partial charge in [-0.1, -0.05) is 6.07 Å². The largest absolute Gasteiger partial charge is 0.427 e. The molecule has 1 aliphatic rings. The Balaban J connectivity index is 1.62. The molecule has 1 unspecified atom stereocenters. The van der Waals surface area contributed by atoms with E-state index in [2.05, 4.69) is 0 Å². The van der Waals surface area contributed by atoms with Gasteiger partial charge < -0.3 is 9.64 Å². The molecule has 1 atom stereocenters. The molecule has 1 saturated heterocycles. The van der Waals surface area contributed by atoms with Crippen molar-refractivity contribution in [3.05, 3.63) is 82.3 Å². The predicted octanol–water partition coefficient (Wildman–Crippen LogP) is 3.79. The van der Waals surface area contributed by atoms with Crippen LogP contribution in [0.2, 0.25) is 0 Å². The van der Waals surface area contributed by atoms with Crippen molar-refractivity contribution in [1.82, 2.24) is 4.90 Å². The molecule has 0 aliphatic carbocycles. The lowest BCUT2D eigenvalue weighted by molar-refractivity contribution is -0.132. The summed E-state index contributed by atoms with van der Waals surface area (Å²) < 4.78 is 18.3. The van der Waals surface area contributed by atoms with Gasteiger partial charge in [0.15, 0.2) is 0 Å². The van der Waals surface area contributed by atoms with Gasteiger partial charge in [-0.15, -0.1) is 11.3 Å². The van der Waals surface area contributed by atoms with Crippen molar-refractivity contribution in [3.8, 4) is 5.75 Å². The summed E-state index contributed by atoms with van der Waals surface area (Å²) in [6, 6.07) is 13.7. The van der Waals surface area contributed by atoms with Crippen molar-refractivity contribution in [2.45, 2.75) is 25.9 Å².